The first-order chi connectivity index (χ1) is 18.8. The second-order valence-electron chi connectivity index (χ2n) is 8.58. The fourth-order valence-electron chi connectivity index (χ4n) is 4.36. The number of carbonyl (C=O) groups excluding carboxylic acids is 1. The molecule has 0 fully saturated rings. The number of benzene rings is 2. The van der Waals surface area contributed by atoms with Crippen LogP contribution in [0.1, 0.15) is 31.2 Å². The number of hydrogen-bond donors (Lipinski definition) is 0. The Morgan fingerprint density at radius 1 is 1.18 bits per heavy atom. The van der Waals surface area contributed by atoms with Gasteiger partial charge in [0.05, 0.1) is 33.4 Å². The van der Waals surface area contributed by atoms with E-state index in [9.17, 15) is 19.7 Å². The molecule has 0 spiro atoms. The first-order valence-corrected chi connectivity index (χ1v) is 14.0. The van der Waals surface area contributed by atoms with Crippen molar-refractivity contribution in [3.8, 4) is 11.3 Å². The Balaban J connectivity index is 1.59. The van der Waals surface area contributed by atoms with Gasteiger partial charge in [0.15, 0.2) is 4.80 Å². The van der Waals surface area contributed by atoms with Crippen LogP contribution in [-0.4, -0.2) is 28.3 Å². The largest absolute Gasteiger partial charge is 0.463 e. The van der Waals surface area contributed by atoms with E-state index in [1.54, 1.807) is 56.0 Å². The van der Waals surface area contributed by atoms with E-state index < -0.39 is 16.9 Å². The van der Waals surface area contributed by atoms with E-state index in [4.69, 9.17) is 9.15 Å². The van der Waals surface area contributed by atoms with Crippen molar-refractivity contribution in [2.45, 2.75) is 24.8 Å². The van der Waals surface area contributed by atoms with Crippen molar-refractivity contribution < 1.29 is 18.9 Å². The van der Waals surface area contributed by atoms with Gasteiger partial charge in [-0.1, -0.05) is 23.5 Å². The zero-order chi connectivity index (χ0) is 27.7. The Labute approximate surface area is 230 Å². The van der Waals surface area contributed by atoms with Crippen LogP contribution in [0.2, 0.25) is 0 Å². The summed E-state index contributed by atoms with van der Waals surface area (Å²) in [5.74, 6) is 0.442. The third-order valence-corrected chi connectivity index (χ3v) is 7.94. The molecule has 4 aromatic rings. The third-order valence-electron chi connectivity index (χ3n) is 6.21. The molecule has 0 bridgehead atoms. The van der Waals surface area contributed by atoms with Crippen LogP contribution in [0.25, 0.3) is 17.4 Å². The summed E-state index contributed by atoms with van der Waals surface area (Å²) in [6.07, 6.45) is 3.61. The molecule has 2 aromatic heterocycles. The van der Waals surface area contributed by atoms with Crippen molar-refractivity contribution >= 4 is 40.8 Å². The highest BCUT2D eigenvalue weighted by molar-refractivity contribution is 7.98. The Kier molecular flexibility index (Phi) is 7.36. The van der Waals surface area contributed by atoms with E-state index in [1.807, 2.05) is 30.5 Å². The summed E-state index contributed by atoms with van der Waals surface area (Å²) in [6, 6.07) is 16.5. The Bertz CT molecular complexity index is 1780. The summed E-state index contributed by atoms with van der Waals surface area (Å²) in [5, 5.41) is 10.9. The van der Waals surface area contributed by atoms with Crippen LogP contribution in [0.4, 0.5) is 5.69 Å². The molecule has 0 radical (unpaired) electrons. The summed E-state index contributed by atoms with van der Waals surface area (Å²) in [7, 11) is 0. The number of nitro groups is 1. The van der Waals surface area contributed by atoms with Crippen molar-refractivity contribution in [3.63, 3.8) is 0 Å². The maximum absolute atomic E-state index is 13.7. The lowest BCUT2D eigenvalue weighted by molar-refractivity contribution is -0.384. The topological polar surface area (TPSA) is 117 Å². The van der Waals surface area contributed by atoms with Crippen LogP contribution in [0.5, 0.6) is 0 Å². The molecule has 1 aliphatic heterocycles. The SMILES string of the molecule is CCOC(=O)C1=C(C)N=c2s/c(=C\c3ccc(-c4ccc([N+](=O)[O-])cc4)o3)c(=O)n2C1c1ccc(SC)cc1. The molecule has 2 aromatic carbocycles. The van der Waals surface area contributed by atoms with Crippen LogP contribution in [0.3, 0.4) is 0 Å². The van der Waals surface area contributed by atoms with Crippen LogP contribution < -0.4 is 14.9 Å². The fourth-order valence-corrected chi connectivity index (χ4v) is 5.79. The number of nitro benzene ring substituents is 1. The molecule has 9 nitrogen and oxygen atoms in total. The number of furan rings is 1. The predicted octanol–water partition coefficient (Wildman–Crippen LogP) is 4.69. The van der Waals surface area contributed by atoms with E-state index in [0.29, 0.717) is 37.7 Å². The molecule has 0 saturated carbocycles. The van der Waals surface area contributed by atoms with Crippen LogP contribution >= 0.6 is 23.1 Å². The number of carbonyl (C=O) groups is 1. The van der Waals surface area contributed by atoms with Gasteiger partial charge in [-0.05, 0) is 62.1 Å². The monoisotopic (exact) mass is 561 g/mol. The molecule has 0 aliphatic carbocycles. The number of rotatable bonds is 7. The Morgan fingerprint density at radius 2 is 1.90 bits per heavy atom. The number of fused-ring (bicyclic) bond motifs is 1. The van der Waals surface area contributed by atoms with Crippen LogP contribution in [-0.2, 0) is 9.53 Å². The fraction of sp³-hybridized carbons (Fsp3) is 0.179. The second-order valence-corrected chi connectivity index (χ2v) is 10.5. The highest BCUT2D eigenvalue weighted by Gasteiger charge is 2.33. The van der Waals surface area contributed by atoms with Gasteiger partial charge in [-0.15, -0.1) is 11.8 Å². The number of aromatic nitrogens is 1. The normalized spacial score (nSPS) is 15.2. The maximum Gasteiger partial charge on any atom is 0.338 e. The molecule has 39 heavy (non-hydrogen) atoms. The number of esters is 1. The van der Waals surface area contributed by atoms with Gasteiger partial charge in [0.2, 0.25) is 0 Å². The molecule has 198 valence electrons. The molecule has 1 unspecified atom stereocenters. The van der Waals surface area contributed by atoms with E-state index >= 15 is 0 Å². The first kappa shape index (κ1) is 26.4. The summed E-state index contributed by atoms with van der Waals surface area (Å²) < 4.78 is 13.2. The van der Waals surface area contributed by atoms with Gasteiger partial charge in [0, 0.05) is 28.7 Å². The Morgan fingerprint density at radius 3 is 2.54 bits per heavy atom. The number of thiazole rings is 1. The molecule has 1 aliphatic rings. The minimum Gasteiger partial charge on any atom is -0.463 e. The average molecular weight is 562 g/mol. The maximum atomic E-state index is 13.7. The predicted molar refractivity (Wildman–Crippen MR) is 149 cm³/mol. The lowest BCUT2D eigenvalue weighted by atomic mass is 9.96. The van der Waals surface area contributed by atoms with Gasteiger partial charge in [-0.25, -0.2) is 9.79 Å². The van der Waals surface area contributed by atoms with Crippen LogP contribution in [0.15, 0.2) is 91.0 Å². The lowest BCUT2D eigenvalue weighted by Gasteiger charge is -2.24. The van der Waals surface area contributed by atoms with Crippen molar-refractivity contribution in [2.24, 2.45) is 4.99 Å². The third kappa shape index (κ3) is 5.10. The van der Waals surface area contributed by atoms with Gasteiger partial charge in [0.1, 0.15) is 11.5 Å². The minimum atomic E-state index is -0.689. The molecule has 5 rings (SSSR count). The zero-order valence-electron chi connectivity index (χ0n) is 21.2. The highest BCUT2D eigenvalue weighted by Crippen LogP contribution is 2.32. The molecule has 11 heteroatoms. The molecule has 0 N–H and O–H groups in total. The van der Waals surface area contributed by atoms with Crippen LogP contribution in [0, 0.1) is 10.1 Å². The number of non-ortho nitro benzene ring substituents is 1. The number of hydrogen-bond acceptors (Lipinski definition) is 9. The molecule has 0 saturated heterocycles. The average Bonchev–Trinajstić information content (AvgIpc) is 3.52. The summed E-state index contributed by atoms with van der Waals surface area (Å²) in [6.45, 7) is 3.68. The van der Waals surface area contributed by atoms with Gasteiger partial charge in [0.25, 0.3) is 11.2 Å². The van der Waals surface area contributed by atoms with E-state index in [1.165, 1.54) is 28.0 Å². The van der Waals surface area contributed by atoms with Gasteiger partial charge in [-0.3, -0.25) is 19.5 Å². The zero-order valence-corrected chi connectivity index (χ0v) is 22.9. The summed E-state index contributed by atoms with van der Waals surface area (Å²) in [4.78, 5) is 43.3. The van der Waals surface area contributed by atoms with Gasteiger partial charge < -0.3 is 9.15 Å². The van der Waals surface area contributed by atoms with Crippen molar-refractivity contribution in [3.05, 3.63) is 113 Å². The van der Waals surface area contributed by atoms with Gasteiger partial charge in [-0.2, -0.15) is 0 Å². The van der Waals surface area contributed by atoms with E-state index in [2.05, 4.69) is 4.99 Å². The number of nitrogens with zero attached hydrogens (tertiary/aromatic N) is 3. The smallest absolute Gasteiger partial charge is 0.338 e. The number of allylic oxidation sites excluding steroid dienone is 1. The van der Waals surface area contributed by atoms with Crippen molar-refractivity contribution in [1.82, 2.24) is 4.57 Å². The first-order valence-electron chi connectivity index (χ1n) is 12.0. The number of thioether (sulfide) groups is 1. The summed E-state index contributed by atoms with van der Waals surface area (Å²) in [5.41, 5.74) is 1.95. The summed E-state index contributed by atoms with van der Waals surface area (Å²) >= 11 is 2.81. The van der Waals surface area contributed by atoms with Crippen molar-refractivity contribution in [2.75, 3.05) is 12.9 Å². The lowest BCUT2D eigenvalue weighted by Crippen LogP contribution is -2.39. The molecular weight excluding hydrogens is 538 g/mol. The van der Waals surface area contributed by atoms with E-state index in [-0.39, 0.29) is 17.9 Å². The molecule has 1 atom stereocenters. The quantitative estimate of drug-likeness (QED) is 0.139. The standard InChI is InChI=1S/C28H23N3O6S2/c1-4-36-27(33)24-16(2)29-28-30(25(24)18-7-12-21(38-3)13-8-18)26(32)23(39-28)15-20-11-14-22(37-20)17-5-9-19(10-6-17)31(34)35/h5-15,25H,4H2,1-3H3/b23-15-. The van der Waals surface area contributed by atoms with Crippen molar-refractivity contribution in [1.29, 1.82) is 0 Å². The van der Waals surface area contributed by atoms with E-state index in [0.717, 1.165) is 10.5 Å². The molecule has 0 amide bonds. The minimum absolute atomic E-state index is 0.0123. The highest BCUT2D eigenvalue weighted by atomic mass is 32.2. The molecular formula is C28H23N3O6S2. The second kappa shape index (κ2) is 10.9. The Hall–Kier alpha value is -4.22. The molecule has 3 heterocycles. The number of ether oxygens (including phenoxy) is 1. The van der Waals surface area contributed by atoms with Gasteiger partial charge >= 0.3 is 5.97 Å².